The van der Waals surface area contributed by atoms with Crippen molar-refractivity contribution in [3.63, 3.8) is 0 Å². The van der Waals surface area contributed by atoms with Crippen molar-refractivity contribution in [3.05, 3.63) is 71.4 Å². The molecule has 30 heavy (non-hydrogen) atoms. The Kier molecular flexibility index (Phi) is 7.12. The number of urea groups is 1. The van der Waals surface area contributed by atoms with Gasteiger partial charge in [-0.15, -0.1) is 0 Å². The Bertz CT molecular complexity index is 905. The number of benzene rings is 2. The van der Waals surface area contributed by atoms with Crippen LogP contribution in [0.4, 0.5) is 4.79 Å². The van der Waals surface area contributed by atoms with Gasteiger partial charge in [-0.3, -0.25) is 0 Å². The van der Waals surface area contributed by atoms with Crippen LogP contribution in [0.2, 0.25) is 0 Å². The van der Waals surface area contributed by atoms with E-state index in [-0.39, 0.29) is 12.1 Å². The number of hydrogen-bond donors (Lipinski definition) is 2. The van der Waals surface area contributed by atoms with Gasteiger partial charge in [-0.1, -0.05) is 43.7 Å². The highest BCUT2D eigenvalue weighted by Crippen LogP contribution is 2.31. The molecule has 0 aromatic heterocycles. The van der Waals surface area contributed by atoms with Gasteiger partial charge >= 0.3 is 12.0 Å². The standard InChI is InChI=1S/C24H28N2O4/c1-4-5-11-20-21(23(27)29-16(2)3)22(26-24(28)25-20)17-12-14-19(15-13-17)30-18-9-7-6-8-10-18/h6-10,12-16,22H,4-5,11H2,1-3H3,(H2,25,26,28). The van der Waals surface area contributed by atoms with Crippen LogP contribution in [0.3, 0.4) is 0 Å². The maximum Gasteiger partial charge on any atom is 0.338 e. The summed E-state index contributed by atoms with van der Waals surface area (Å²) in [6, 6.07) is 16.0. The van der Waals surface area contributed by atoms with Crippen LogP contribution in [0, 0.1) is 0 Å². The number of hydrogen-bond acceptors (Lipinski definition) is 4. The fourth-order valence-corrected chi connectivity index (χ4v) is 3.29. The molecular weight excluding hydrogens is 380 g/mol. The number of amides is 2. The molecule has 0 bridgehead atoms. The number of esters is 1. The third-order valence-corrected chi connectivity index (χ3v) is 4.69. The maximum absolute atomic E-state index is 12.9. The molecule has 0 spiro atoms. The zero-order valence-electron chi connectivity index (χ0n) is 17.6. The molecule has 2 aromatic carbocycles. The molecule has 158 valence electrons. The number of carbonyl (C=O) groups excluding carboxylic acids is 2. The molecule has 1 aliphatic rings. The Morgan fingerprint density at radius 1 is 1.03 bits per heavy atom. The van der Waals surface area contributed by atoms with Crippen LogP contribution >= 0.6 is 0 Å². The van der Waals surface area contributed by atoms with Gasteiger partial charge in [0.05, 0.1) is 17.7 Å². The van der Waals surface area contributed by atoms with Crippen LogP contribution in [0.15, 0.2) is 65.9 Å². The van der Waals surface area contributed by atoms with Crippen molar-refractivity contribution in [2.24, 2.45) is 0 Å². The summed E-state index contributed by atoms with van der Waals surface area (Å²) in [6.45, 7) is 5.69. The summed E-state index contributed by atoms with van der Waals surface area (Å²) in [4.78, 5) is 25.2. The lowest BCUT2D eigenvalue weighted by atomic mass is 9.93. The topological polar surface area (TPSA) is 76.7 Å². The van der Waals surface area contributed by atoms with E-state index in [1.807, 2.05) is 68.4 Å². The minimum atomic E-state index is -0.581. The predicted molar refractivity (Wildman–Crippen MR) is 115 cm³/mol. The Morgan fingerprint density at radius 3 is 2.33 bits per heavy atom. The third-order valence-electron chi connectivity index (χ3n) is 4.69. The van der Waals surface area contributed by atoms with E-state index in [1.165, 1.54) is 0 Å². The third kappa shape index (κ3) is 5.41. The van der Waals surface area contributed by atoms with Crippen molar-refractivity contribution in [1.29, 1.82) is 0 Å². The summed E-state index contributed by atoms with van der Waals surface area (Å²) in [6.07, 6.45) is 2.18. The number of unbranched alkanes of at least 4 members (excludes halogenated alkanes) is 1. The first-order chi connectivity index (χ1) is 14.5. The van der Waals surface area contributed by atoms with Crippen LogP contribution in [0.1, 0.15) is 51.6 Å². The molecule has 1 aliphatic heterocycles. The van der Waals surface area contributed by atoms with E-state index in [9.17, 15) is 9.59 Å². The number of carbonyl (C=O) groups is 2. The Hall–Kier alpha value is -3.28. The van der Waals surface area contributed by atoms with E-state index >= 15 is 0 Å². The van der Waals surface area contributed by atoms with E-state index < -0.39 is 12.0 Å². The molecule has 3 rings (SSSR count). The predicted octanol–water partition coefficient (Wildman–Crippen LogP) is 5.23. The maximum atomic E-state index is 12.9. The number of nitrogens with one attached hydrogen (secondary N) is 2. The first-order valence-electron chi connectivity index (χ1n) is 10.3. The van der Waals surface area contributed by atoms with Crippen LogP contribution in [0.5, 0.6) is 11.5 Å². The largest absolute Gasteiger partial charge is 0.459 e. The van der Waals surface area contributed by atoms with Crippen molar-refractivity contribution in [3.8, 4) is 11.5 Å². The van der Waals surface area contributed by atoms with E-state index in [4.69, 9.17) is 9.47 Å². The van der Waals surface area contributed by atoms with Gasteiger partial charge in [0.25, 0.3) is 0 Å². The second-order valence-electron chi connectivity index (χ2n) is 7.47. The fourth-order valence-electron chi connectivity index (χ4n) is 3.29. The minimum Gasteiger partial charge on any atom is -0.459 e. The molecule has 0 radical (unpaired) electrons. The van der Waals surface area contributed by atoms with Gasteiger partial charge < -0.3 is 20.1 Å². The Balaban J connectivity index is 1.90. The molecule has 1 heterocycles. The van der Waals surface area contributed by atoms with E-state index in [0.717, 1.165) is 24.2 Å². The number of para-hydroxylation sites is 1. The first-order valence-corrected chi connectivity index (χ1v) is 10.3. The number of allylic oxidation sites excluding steroid dienone is 1. The van der Waals surface area contributed by atoms with E-state index in [1.54, 1.807) is 0 Å². The van der Waals surface area contributed by atoms with Gasteiger partial charge in [0.2, 0.25) is 0 Å². The molecule has 0 fully saturated rings. The summed E-state index contributed by atoms with van der Waals surface area (Å²) >= 11 is 0. The minimum absolute atomic E-state index is 0.252. The summed E-state index contributed by atoms with van der Waals surface area (Å²) in [5.74, 6) is 0.994. The summed E-state index contributed by atoms with van der Waals surface area (Å²) in [7, 11) is 0. The van der Waals surface area contributed by atoms with Gasteiger partial charge in [-0.25, -0.2) is 9.59 Å². The molecule has 6 nitrogen and oxygen atoms in total. The van der Waals surface area contributed by atoms with Crippen molar-refractivity contribution in [1.82, 2.24) is 10.6 Å². The van der Waals surface area contributed by atoms with Gasteiger partial charge in [0, 0.05) is 5.70 Å². The van der Waals surface area contributed by atoms with E-state index in [2.05, 4.69) is 17.6 Å². The SMILES string of the molecule is CCCCC1=C(C(=O)OC(C)C)C(c2ccc(Oc3ccccc3)cc2)NC(=O)N1. The lowest BCUT2D eigenvalue weighted by molar-refractivity contribution is -0.143. The molecule has 1 atom stereocenters. The lowest BCUT2D eigenvalue weighted by Crippen LogP contribution is -2.46. The molecule has 0 aliphatic carbocycles. The van der Waals surface area contributed by atoms with Crippen molar-refractivity contribution in [2.75, 3.05) is 0 Å². The lowest BCUT2D eigenvalue weighted by Gasteiger charge is -2.30. The Morgan fingerprint density at radius 2 is 1.70 bits per heavy atom. The zero-order chi connectivity index (χ0) is 21.5. The second kappa shape index (κ2) is 9.96. The van der Waals surface area contributed by atoms with Gasteiger partial charge in [-0.2, -0.15) is 0 Å². The molecule has 2 aromatic rings. The zero-order valence-corrected chi connectivity index (χ0v) is 17.6. The number of rotatable bonds is 8. The van der Waals surface area contributed by atoms with Crippen molar-refractivity contribution in [2.45, 2.75) is 52.2 Å². The highest BCUT2D eigenvalue weighted by molar-refractivity contribution is 5.95. The number of ether oxygens (including phenoxy) is 2. The fraction of sp³-hybridized carbons (Fsp3) is 0.333. The van der Waals surface area contributed by atoms with Gasteiger partial charge in [0.15, 0.2) is 0 Å². The van der Waals surface area contributed by atoms with Crippen LogP contribution in [-0.2, 0) is 9.53 Å². The highest BCUT2D eigenvalue weighted by atomic mass is 16.5. The van der Waals surface area contributed by atoms with Crippen LogP contribution in [-0.4, -0.2) is 18.1 Å². The summed E-state index contributed by atoms with van der Waals surface area (Å²) in [5, 5.41) is 5.67. The smallest absolute Gasteiger partial charge is 0.338 e. The average molecular weight is 408 g/mol. The normalized spacial score (nSPS) is 16.1. The summed E-state index contributed by atoms with van der Waals surface area (Å²) in [5.41, 5.74) is 1.87. The van der Waals surface area contributed by atoms with Crippen LogP contribution < -0.4 is 15.4 Å². The Labute approximate surface area is 177 Å². The summed E-state index contributed by atoms with van der Waals surface area (Å²) < 4.78 is 11.3. The molecule has 2 amide bonds. The molecule has 1 unspecified atom stereocenters. The average Bonchev–Trinajstić information content (AvgIpc) is 2.72. The molecule has 0 saturated heterocycles. The quantitative estimate of drug-likeness (QED) is 0.587. The molecule has 0 saturated carbocycles. The van der Waals surface area contributed by atoms with Crippen LogP contribution in [0.25, 0.3) is 0 Å². The molecule has 2 N–H and O–H groups in total. The second-order valence-corrected chi connectivity index (χ2v) is 7.47. The highest BCUT2D eigenvalue weighted by Gasteiger charge is 2.33. The van der Waals surface area contributed by atoms with Crippen molar-refractivity contribution >= 4 is 12.0 Å². The van der Waals surface area contributed by atoms with Gasteiger partial charge in [0.1, 0.15) is 11.5 Å². The van der Waals surface area contributed by atoms with Gasteiger partial charge in [-0.05, 0) is 56.5 Å². The monoisotopic (exact) mass is 408 g/mol. The first kappa shape index (κ1) is 21.4. The van der Waals surface area contributed by atoms with E-state index in [0.29, 0.717) is 23.4 Å². The molecular formula is C24H28N2O4. The van der Waals surface area contributed by atoms with Crippen molar-refractivity contribution < 1.29 is 19.1 Å². The molecule has 6 heteroatoms.